The van der Waals surface area contributed by atoms with Gasteiger partial charge in [0.1, 0.15) is 0 Å². The van der Waals surface area contributed by atoms with Crippen molar-refractivity contribution in [1.29, 1.82) is 0 Å². The maximum Gasteiger partial charge on any atom is 0.164 e. The zero-order valence-corrected chi connectivity index (χ0v) is 27.6. The largest absolute Gasteiger partial charge is 0.309 e. The fourth-order valence-corrected chi connectivity index (χ4v) is 7.32. The fraction of sp³-hybridized carbons (Fsp3) is 0. The van der Waals surface area contributed by atoms with Crippen LogP contribution < -0.4 is 0 Å². The Labute approximate surface area is 295 Å². The smallest absolute Gasteiger partial charge is 0.164 e. The molecule has 8 aromatic carbocycles. The Morgan fingerprint density at radius 2 is 0.843 bits per heavy atom. The van der Waals surface area contributed by atoms with E-state index in [2.05, 4.69) is 168 Å². The summed E-state index contributed by atoms with van der Waals surface area (Å²) in [4.78, 5) is 15.4. The second-order valence-electron chi connectivity index (χ2n) is 12.9. The van der Waals surface area contributed by atoms with E-state index in [1.807, 2.05) is 18.2 Å². The molecule has 10 aromatic rings. The van der Waals surface area contributed by atoms with Gasteiger partial charge in [-0.1, -0.05) is 152 Å². The van der Waals surface area contributed by atoms with Gasteiger partial charge in [-0.25, -0.2) is 15.0 Å². The highest BCUT2D eigenvalue weighted by Gasteiger charge is 2.19. The highest BCUT2D eigenvalue weighted by molar-refractivity contribution is 6.11. The molecule has 2 heterocycles. The van der Waals surface area contributed by atoms with Crippen molar-refractivity contribution in [3.8, 4) is 51.0 Å². The van der Waals surface area contributed by atoms with E-state index in [0.717, 1.165) is 49.6 Å². The maximum absolute atomic E-state index is 5.18. The summed E-state index contributed by atoms with van der Waals surface area (Å²) in [5.41, 5.74) is 8.57. The van der Waals surface area contributed by atoms with Crippen LogP contribution in [0.4, 0.5) is 0 Å². The predicted molar refractivity (Wildman–Crippen MR) is 211 cm³/mol. The third-order valence-electron chi connectivity index (χ3n) is 9.80. The van der Waals surface area contributed by atoms with Crippen molar-refractivity contribution in [3.63, 3.8) is 0 Å². The minimum absolute atomic E-state index is 0.629. The summed E-state index contributed by atoms with van der Waals surface area (Å²) in [5, 5.41) is 7.02. The SMILES string of the molecule is c1ccc(-c2ccc3c4ccccc4n(-c4cc(-c5nc(-c6ccccc6)nc(-c6ccc7ccccc7c6)n5)cc5ccccc45)c3c2)cc1. The molecule has 0 N–H and O–H groups in total. The summed E-state index contributed by atoms with van der Waals surface area (Å²) in [6, 6.07) is 64.1. The normalized spacial score (nSPS) is 11.5. The van der Waals surface area contributed by atoms with E-state index >= 15 is 0 Å². The molecule has 0 spiro atoms. The molecular weight excluding hydrogens is 621 g/mol. The van der Waals surface area contributed by atoms with Crippen molar-refractivity contribution < 1.29 is 0 Å². The zero-order valence-electron chi connectivity index (χ0n) is 27.6. The van der Waals surface area contributed by atoms with Gasteiger partial charge in [0.05, 0.1) is 16.7 Å². The lowest BCUT2D eigenvalue weighted by molar-refractivity contribution is 1.07. The first kappa shape index (κ1) is 29.0. The Kier molecular flexibility index (Phi) is 6.78. The maximum atomic E-state index is 5.18. The van der Waals surface area contributed by atoms with Crippen molar-refractivity contribution in [2.75, 3.05) is 0 Å². The number of rotatable bonds is 5. The number of para-hydroxylation sites is 1. The minimum atomic E-state index is 0.629. The zero-order chi connectivity index (χ0) is 33.7. The summed E-state index contributed by atoms with van der Waals surface area (Å²) in [6.07, 6.45) is 0. The van der Waals surface area contributed by atoms with E-state index in [1.165, 1.54) is 27.3 Å². The van der Waals surface area contributed by atoms with Gasteiger partial charge >= 0.3 is 0 Å². The lowest BCUT2D eigenvalue weighted by atomic mass is 10.0. The van der Waals surface area contributed by atoms with Crippen LogP contribution in [0.2, 0.25) is 0 Å². The van der Waals surface area contributed by atoms with Crippen molar-refractivity contribution in [2.45, 2.75) is 0 Å². The molecule has 51 heavy (non-hydrogen) atoms. The first-order chi connectivity index (χ1) is 25.3. The van der Waals surface area contributed by atoms with Gasteiger partial charge in [0.15, 0.2) is 17.5 Å². The van der Waals surface area contributed by atoms with Crippen LogP contribution in [0, 0.1) is 0 Å². The monoisotopic (exact) mass is 650 g/mol. The van der Waals surface area contributed by atoms with Crippen LogP contribution in [-0.2, 0) is 0 Å². The van der Waals surface area contributed by atoms with Crippen molar-refractivity contribution >= 4 is 43.4 Å². The number of hydrogen-bond donors (Lipinski definition) is 0. The second-order valence-corrected chi connectivity index (χ2v) is 12.9. The van der Waals surface area contributed by atoms with E-state index in [0.29, 0.717) is 17.5 Å². The number of nitrogens with zero attached hydrogens (tertiary/aromatic N) is 4. The Balaban J connectivity index is 1.24. The average Bonchev–Trinajstić information content (AvgIpc) is 3.54. The lowest BCUT2D eigenvalue weighted by Gasteiger charge is -2.15. The first-order valence-corrected chi connectivity index (χ1v) is 17.2. The molecule has 2 aromatic heterocycles. The fourth-order valence-electron chi connectivity index (χ4n) is 7.32. The third-order valence-corrected chi connectivity index (χ3v) is 9.80. The standard InChI is InChI=1S/C47H30N4/c1-3-13-31(14-4-1)35-25-26-41-40-21-11-12-22-42(40)51(44(41)29-35)43-30-38(28-36-19-9-10-20-39(36)43)47-49-45(33-16-5-2-6-17-33)48-46(50-47)37-24-23-32-15-7-8-18-34(32)27-37/h1-30H. The topological polar surface area (TPSA) is 43.6 Å². The summed E-state index contributed by atoms with van der Waals surface area (Å²) < 4.78 is 2.41. The molecule has 238 valence electrons. The molecule has 0 atom stereocenters. The van der Waals surface area contributed by atoms with Crippen molar-refractivity contribution in [3.05, 3.63) is 182 Å². The molecule has 0 saturated carbocycles. The third kappa shape index (κ3) is 5.04. The summed E-state index contributed by atoms with van der Waals surface area (Å²) in [7, 11) is 0. The van der Waals surface area contributed by atoms with Crippen LogP contribution in [0.25, 0.3) is 94.3 Å². The summed E-state index contributed by atoms with van der Waals surface area (Å²) >= 11 is 0. The summed E-state index contributed by atoms with van der Waals surface area (Å²) in [5.74, 6) is 1.91. The molecule has 0 amide bonds. The van der Waals surface area contributed by atoms with Crippen LogP contribution >= 0.6 is 0 Å². The van der Waals surface area contributed by atoms with Crippen LogP contribution in [0.5, 0.6) is 0 Å². The van der Waals surface area contributed by atoms with Gasteiger partial charge in [0.25, 0.3) is 0 Å². The molecule has 0 saturated heterocycles. The van der Waals surface area contributed by atoms with Gasteiger partial charge in [0, 0.05) is 32.8 Å². The van der Waals surface area contributed by atoms with E-state index in [4.69, 9.17) is 15.0 Å². The second kappa shape index (κ2) is 11.9. The van der Waals surface area contributed by atoms with E-state index in [9.17, 15) is 0 Å². The Morgan fingerprint density at radius 1 is 0.294 bits per heavy atom. The lowest BCUT2D eigenvalue weighted by Crippen LogP contribution is -2.02. The van der Waals surface area contributed by atoms with Crippen molar-refractivity contribution in [1.82, 2.24) is 19.5 Å². The van der Waals surface area contributed by atoms with Crippen LogP contribution in [0.1, 0.15) is 0 Å². The Bertz CT molecular complexity index is 2910. The van der Waals surface area contributed by atoms with Gasteiger partial charge in [-0.2, -0.15) is 0 Å². The van der Waals surface area contributed by atoms with Crippen LogP contribution in [0.15, 0.2) is 182 Å². The number of fused-ring (bicyclic) bond motifs is 5. The van der Waals surface area contributed by atoms with Gasteiger partial charge < -0.3 is 4.57 Å². The van der Waals surface area contributed by atoms with E-state index in [1.54, 1.807) is 0 Å². The van der Waals surface area contributed by atoms with Gasteiger partial charge in [-0.05, 0) is 57.6 Å². The molecule has 10 rings (SSSR count). The molecular formula is C47H30N4. The van der Waals surface area contributed by atoms with E-state index in [-0.39, 0.29) is 0 Å². The highest BCUT2D eigenvalue weighted by Crippen LogP contribution is 2.39. The number of benzene rings is 8. The summed E-state index contributed by atoms with van der Waals surface area (Å²) in [6.45, 7) is 0. The average molecular weight is 651 g/mol. The molecule has 0 aliphatic rings. The van der Waals surface area contributed by atoms with Gasteiger partial charge in [-0.15, -0.1) is 0 Å². The number of aromatic nitrogens is 4. The van der Waals surface area contributed by atoms with Crippen LogP contribution in [0.3, 0.4) is 0 Å². The molecule has 0 aliphatic heterocycles. The quantitative estimate of drug-likeness (QED) is 0.186. The molecule has 0 unspecified atom stereocenters. The van der Waals surface area contributed by atoms with E-state index < -0.39 is 0 Å². The molecule has 4 nitrogen and oxygen atoms in total. The molecule has 4 heteroatoms. The van der Waals surface area contributed by atoms with Gasteiger partial charge in [-0.3, -0.25) is 0 Å². The highest BCUT2D eigenvalue weighted by atomic mass is 15.0. The molecule has 0 radical (unpaired) electrons. The van der Waals surface area contributed by atoms with Gasteiger partial charge in [0.2, 0.25) is 0 Å². The molecule has 0 aliphatic carbocycles. The van der Waals surface area contributed by atoms with Crippen molar-refractivity contribution in [2.24, 2.45) is 0 Å². The predicted octanol–water partition coefficient (Wildman–Crippen LogP) is 11.9. The number of hydrogen-bond acceptors (Lipinski definition) is 3. The molecule has 0 bridgehead atoms. The Hall–Kier alpha value is -6.91. The van der Waals surface area contributed by atoms with Crippen LogP contribution in [-0.4, -0.2) is 19.5 Å². The minimum Gasteiger partial charge on any atom is -0.309 e. The molecule has 0 fully saturated rings. The first-order valence-electron chi connectivity index (χ1n) is 17.2. The Morgan fingerprint density at radius 3 is 1.63 bits per heavy atom.